The Labute approximate surface area is 129 Å². The molecule has 0 radical (unpaired) electrons. The summed E-state index contributed by atoms with van der Waals surface area (Å²) in [7, 11) is -6.72. The number of rotatable bonds is 8. The van der Waals surface area contributed by atoms with E-state index in [2.05, 4.69) is 19.2 Å². The molecule has 1 unspecified atom stereocenters. The van der Waals surface area contributed by atoms with Crippen molar-refractivity contribution in [3.05, 3.63) is 0 Å². The van der Waals surface area contributed by atoms with Crippen LogP contribution >= 0.6 is 0 Å². The lowest BCUT2D eigenvalue weighted by molar-refractivity contribution is 0.258. The van der Waals surface area contributed by atoms with Crippen LogP contribution in [0.25, 0.3) is 0 Å². The van der Waals surface area contributed by atoms with Gasteiger partial charge in [-0.15, -0.1) is 0 Å². The normalized spacial score (nSPS) is 21.8. The highest BCUT2D eigenvalue weighted by atomic mass is 32.2. The Bertz CT molecular complexity index is 514. The van der Waals surface area contributed by atoms with E-state index in [-0.39, 0.29) is 11.5 Å². The molecule has 1 atom stereocenters. The standard InChI is InChI=1S/C13H28N2O4S2/c1-12(2)9-14-10-13-5-4-6-15(11-13)21(18,19)8-7-20(3,16)17/h12-14H,4-11H2,1-3H3. The maximum absolute atomic E-state index is 12.2. The fraction of sp³-hybridized carbons (Fsp3) is 1.00. The summed E-state index contributed by atoms with van der Waals surface area (Å²) in [5, 5.41) is 3.37. The predicted molar refractivity (Wildman–Crippen MR) is 85.5 cm³/mol. The summed E-state index contributed by atoms with van der Waals surface area (Å²) in [5.41, 5.74) is 0. The molecule has 6 nitrogen and oxygen atoms in total. The molecule has 0 spiro atoms. The molecule has 1 aliphatic heterocycles. The van der Waals surface area contributed by atoms with Crippen molar-refractivity contribution in [3.63, 3.8) is 0 Å². The second-order valence-corrected chi connectivity index (χ2v) is 10.7. The van der Waals surface area contributed by atoms with Gasteiger partial charge in [0, 0.05) is 19.3 Å². The second kappa shape index (κ2) is 7.89. The maximum Gasteiger partial charge on any atom is 0.215 e. The van der Waals surface area contributed by atoms with Crippen molar-refractivity contribution in [2.24, 2.45) is 11.8 Å². The highest BCUT2D eigenvalue weighted by molar-refractivity contribution is 7.93. The van der Waals surface area contributed by atoms with Crippen LogP contribution in [0.15, 0.2) is 0 Å². The SMILES string of the molecule is CC(C)CNCC1CCCN(S(=O)(=O)CCS(C)(=O)=O)C1. The van der Waals surface area contributed by atoms with E-state index in [0.29, 0.717) is 24.9 Å². The van der Waals surface area contributed by atoms with Gasteiger partial charge in [-0.2, -0.15) is 0 Å². The minimum Gasteiger partial charge on any atom is -0.316 e. The van der Waals surface area contributed by atoms with Crippen LogP contribution in [-0.4, -0.2) is 65.1 Å². The van der Waals surface area contributed by atoms with Gasteiger partial charge in [-0.25, -0.2) is 21.1 Å². The number of sulfonamides is 1. The van der Waals surface area contributed by atoms with E-state index in [0.717, 1.165) is 32.2 Å². The average molecular weight is 341 g/mol. The second-order valence-electron chi connectivity index (χ2n) is 6.36. The number of nitrogens with one attached hydrogen (secondary N) is 1. The third-order valence-corrected chi connectivity index (χ3v) is 6.62. The van der Waals surface area contributed by atoms with Crippen molar-refractivity contribution in [2.45, 2.75) is 26.7 Å². The van der Waals surface area contributed by atoms with Crippen LogP contribution in [0.1, 0.15) is 26.7 Å². The molecular weight excluding hydrogens is 312 g/mol. The molecule has 0 aromatic carbocycles. The first-order valence-electron chi connectivity index (χ1n) is 7.46. The molecule has 1 fully saturated rings. The summed E-state index contributed by atoms with van der Waals surface area (Å²) in [6, 6.07) is 0. The van der Waals surface area contributed by atoms with Gasteiger partial charge in [0.15, 0.2) is 0 Å². The van der Waals surface area contributed by atoms with Gasteiger partial charge in [0.05, 0.1) is 11.5 Å². The minimum atomic E-state index is -3.46. The molecule has 8 heteroatoms. The number of sulfone groups is 1. The van der Waals surface area contributed by atoms with Crippen LogP contribution in [0.4, 0.5) is 0 Å². The van der Waals surface area contributed by atoms with Crippen molar-refractivity contribution in [3.8, 4) is 0 Å². The first-order chi connectivity index (χ1) is 9.60. The zero-order valence-electron chi connectivity index (χ0n) is 13.2. The molecule has 0 aromatic rings. The van der Waals surface area contributed by atoms with E-state index < -0.39 is 19.9 Å². The van der Waals surface area contributed by atoms with E-state index in [1.807, 2.05) is 0 Å². The molecule has 1 N–H and O–H groups in total. The Kier molecular flexibility index (Phi) is 7.09. The van der Waals surface area contributed by atoms with Crippen LogP contribution in [0, 0.1) is 11.8 Å². The van der Waals surface area contributed by atoms with Crippen molar-refractivity contribution < 1.29 is 16.8 Å². The first kappa shape index (κ1) is 18.9. The molecule has 0 saturated carbocycles. The third kappa shape index (κ3) is 7.58. The largest absolute Gasteiger partial charge is 0.316 e. The molecule has 1 aliphatic rings. The molecule has 0 aromatic heterocycles. The van der Waals surface area contributed by atoms with Crippen LogP contribution in [0.3, 0.4) is 0 Å². The summed E-state index contributed by atoms with van der Waals surface area (Å²) in [6.07, 6.45) is 2.92. The van der Waals surface area contributed by atoms with Crippen LogP contribution in [-0.2, 0) is 19.9 Å². The molecule has 0 amide bonds. The van der Waals surface area contributed by atoms with Gasteiger partial charge in [-0.1, -0.05) is 13.8 Å². The van der Waals surface area contributed by atoms with E-state index in [9.17, 15) is 16.8 Å². The Hall–Kier alpha value is -0.180. The first-order valence-corrected chi connectivity index (χ1v) is 11.1. The Morgan fingerprint density at radius 3 is 2.43 bits per heavy atom. The van der Waals surface area contributed by atoms with Gasteiger partial charge < -0.3 is 5.32 Å². The zero-order valence-corrected chi connectivity index (χ0v) is 14.8. The number of piperidine rings is 1. The van der Waals surface area contributed by atoms with Gasteiger partial charge in [-0.3, -0.25) is 0 Å². The molecule has 0 aliphatic carbocycles. The van der Waals surface area contributed by atoms with Crippen molar-refractivity contribution in [1.29, 1.82) is 0 Å². The lowest BCUT2D eigenvalue weighted by Crippen LogP contribution is -2.44. The van der Waals surface area contributed by atoms with Gasteiger partial charge in [0.1, 0.15) is 9.84 Å². The van der Waals surface area contributed by atoms with Crippen molar-refractivity contribution >= 4 is 19.9 Å². The Balaban J connectivity index is 2.50. The Morgan fingerprint density at radius 2 is 1.86 bits per heavy atom. The highest BCUT2D eigenvalue weighted by Crippen LogP contribution is 2.19. The lowest BCUT2D eigenvalue weighted by Gasteiger charge is -2.32. The van der Waals surface area contributed by atoms with Gasteiger partial charge in [0.25, 0.3) is 0 Å². The number of nitrogens with zero attached hydrogens (tertiary/aromatic N) is 1. The minimum absolute atomic E-state index is 0.303. The smallest absolute Gasteiger partial charge is 0.215 e. The third-order valence-electron chi connectivity index (χ3n) is 3.57. The molecule has 0 bridgehead atoms. The summed E-state index contributed by atoms with van der Waals surface area (Å²) >= 11 is 0. The van der Waals surface area contributed by atoms with Gasteiger partial charge >= 0.3 is 0 Å². The topological polar surface area (TPSA) is 83.6 Å². The zero-order chi connectivity index (χ0) is 16.1. The summed E-state index contributed by atoms with van der Waals surface area (Å²) < 4.78 is 48.1. The van der Waals surface area contributed by atoms with Crippen molar-refractivity contribution in [2.75, 3.05) is 43.9 Å². The molecular formula is C13H28N2O4S2. The average Bonchev–Trinajstić information content (AvgIpc) is 2.36. The van der Waals surface area contributed by atoms with Crippen LogP contribution in [0.5, 0.6) is 0 Å². The molecule has 126 valence electrons. The van der Waals surface area contributed by atoms with E-state index in [1.165, 1.54) is 4.31 Å². The van der Waals surface area contributed by atoms with Crippen LogP contribution < -0.4 is 5.32 Å². The maximum atomic E-state index is 12.2. The molecule has 21 heavy (non-hydrogen) atoms. The summed E-state index contributed by atoms with van der Waals surface area (Å²) in [4.78, 5) is 0. The van der Waals surface area contributed by atoms with Crippen LogP contribution in [0.2, 0.25) is 0 Å². The summed E-state index contributed by atoms with van der Waals surface area (Å²) in [6.45, 7) is 7.02. The monoisotopic (exact) mass is 340 g/mol. The van der Waals surface area contributed by atoms with E-state index >= 15 is 0 Å². The quantitative estimate of drug-likeness (QED) is 0.688. The van der Waals surface area contributed by atoms with Gasteiger partial charge in [-0.05, 0) is 37.8 Å². The summed E-state index contributed by atoms with van der Waals surface area (Å²) in [5.74, 6) is 0.272. The number of hydrogen-bond donors (Lipinski definition) is 1. The Morgan fingerprint density at radius 1 is 1.19 bits per heavy atom. The molecule has 1 heterocycles. The highest BCUT2D eigenvalue weighted by Gasteiger charge is 2.29. The molecule has 1 rings (SSSR count). The van der Waals surface area contributed by atoms with E-state index in [4.69, 9.17) is 0 Å². The van der Waals surface area contributed by atoms with Gasteiger partial charge in [0.2, 0.25) is 10.0 Å². The fourth-order valence-electron chi connectivity index (χ4n) is 2.41. The number of hydrogen-bond acceptors (Lipinski definition) is 5. The predicted octanol–water partition coefficient (Wildman–Crippen LogP) is 0.318. The lowest BCUT2D eigenvalue weighted by atomic mass is 9.99. The van der Waals surface area contributed by atoms with Crippen molar-refractivity contribution in [1.82, 2.24) is 9.62 Å². The molecule has 1 saturated heterocycles. The van der Waals surface area contributed by atoms with E-state index in [1.54, 1.807) is 0 Å². The fourth-order valence-corrected chi connectivity index (χ4v) is 5.56.